The van der Waals surface area contributed by atoms with Crippen molar-refractivity contribution in [2.45, 2.75) is 32.0 Å². The van der Waals surface area contributed by atoms with Crippen molar-refractivity contribution in [3.63, 3.8) is 0 Å². The molecule has 2 aromatic rings. The molecule has 0 unspecified atom stereocenters. The van der Waals surface area contributed by atoms with Gasteiger partial charge in [-0.05, 0) is 17.5 Å². The van der Waals surface area contributed by atoms with Gasteiger partial charge in [0.1, 0.15) is 5.75 Å². The molecule has 1 aromatic carbocycles. The van der Waals surface area contributed by atoms with Crippen LogP contribution in [-0.4, -0.2) is 34.0 Å². The van der Waals surface area contributed by atoms with E-state index in [4.69, 9.17) is 4.74 Å². The van der Waals surface area contributed by atoms with E-state index in [9.17, 15) is 5.11 Å². The summed E-state index contributed by atoms with van der Waals surface area (Å²) in [7, 11) is 1.65. The SMILES string of the molecule is COc1ccc2nc(SC[C@@H](O)C(C)(C)C)[nH]c2c1. The van der Waals surface area contributed by atoms with E-state index in [2.05, 4.69) is 9.97 Å². The Morgan fingerprint density at radius 2 is 2.16 bits per heavy atom. The lowest BCUT2D eigenvalue weighted by molar-refractivity contribution is 0.0842. The van der Waals surface area contributed by atoms with Crippen molar-refractivity contribution in [2.75, 3.05) is 12.9 Å². The molecule has 0 radical (unpaired) electrons. The molecule has 0 saturated heterocycles. The monoisotopic (exact) mass is 280 g/mol. The van der Waals surface area contributed by atoms with Crippen LogP contribution in [0, 0.1) is 5.41 Å². The van der Waals surface area contributed by atoms with Gasteiger partial charge in [-0.1, -0.05) is 32.5 Å². The number of ether oxygens (including phenoxy) is 1. The third-order valence-corrected chi connectivity index (χ3v) is 3.99. The average Bonchev–Trinajstić information content (AvgIpc) is 2.76. The Balaban J connectivity index is 2.09. The Hall–Kier alpha value is -1.20. The molecule has 0 amide bonds. The molecule has 0 bridgehead atoms. The molecule has 0 aliphatic carbocycles. The highest BCUT2D eigenvalue weighted by Crippen LogP contribution is 2.27. The van der Waals surface area contributed by atoms with E-state index in [-0.39, 0.29) is 11.5 Å². The number of benzene rings is 1. The van der Waals surface area contributed by atoms with Crippen LogP contribution in [0.3, 0.4) is 0 Å². The molecule has 0 spiro atoms. The zero-order valence-electron chi connectivity index (χ0n) is 11.7. The maximum absolute atomic E-state index is 10.0. The van der Waals surface area contributed by atoms with Crippen LogP contribution in [0.15, 0.2) is 23.4 Å². The fourth-order valence-corrected chi connectivity index (χ4v) is 2.73. The van der Waals surface area contributed by atoms with Crippen molar-refractivity contribution in [3.8, 4) is 5.75 Å². The average molecular weight is 280 g/mol. The third kappa shape index (κ3) is 3.42. The number of nitrogens with zero attached hydrogens (tertiary/aromatic N) is 1. The maximum Gasteiger partial charge on any atom is 0.166 e. The predicted octanol–water partition coefficient (Wildman–Crippen LogP) is 3.07. The van der Waals surface area contributed by atoms with Gasteiger partial charge in [-0.2, -0.15) is 0 Å². The second-order valence-electron chi connectivity index (χ2n) is 5.62. The lowest BCUT2D eigenvalue weighted by Crippen LogP contribution is -2.28. The number of aliphatic hydroxyl groups is 1. The number of fused-ring (bicyclic) bond motifs is 1. The number of aromatic amines is 1. The molecule has 2 rings (SSSR count). The van der Waals surface area contributed by atoms with Crippen LogP contribution in [-0.2, 0) is 0 Å². The van der Waals surface area contributed by atoms with Crippen molar-refractivity contribution >= 4 is 22.8 Å². The molecule has 0 fully saturated rings. The first-order chi connectivity index (χ1) is 8.90. The highest BCUT2D eigenvalue weighted by Gasteiger charge is 2.22. The molecular weight excluding hydrogens is 260 g/mol. The number of aliphatic hydroxyl groups excluding tert-OH is 1. The highest BCUT2D eigenvalue weighted by molar-refractivity contribution is 7.99. The van der Waals surface area contributed by atoms with E-state index in [1.54, 1.807) is 7.11 Å². The van der Waals surface area contributed by atoms with Gasteiger partial charge >= 0.3 is 0 Å². The number of imidazole rings is 1. The standard InChI is InChI=1S/C14H20N2O2S/c1-14(2,3)12(17)8-19-13-15-10-6-5-9(18-4)7-11(10)16-13/h5-7,12,17H,8H2,1-4H3,(H,15,16)/t12-/m1/s1. The van der Waals surface area contributed by atoms with Crippen molar-refractivity contribution in [3.05, 3.63) is 18.2 Å². The van der Waals surface area contributed by atoms with E-state index < -0.39 is 0 Å². The second-order valence-corrected chi connectivity index (χ2v) is 6.63. The number of hydrogen-bond donors (Lipinski definition) is 2. The molecule has 1 atom stereocenters. The van der Waals surface area contributed by atoms with Gasteiger partial charge in [-0.3, -0.25) is 0 Å². The summed E-state index contributed by atoms with van der Waals surface area (Å²) < 4.78 is 5.18. The Kier molecular flexibility index (Phi) is 4.06. The van der Waals surface area contributed by atoms with Crippen LogP contribution in [0.2, 0.25) is 0 Å². The van der Waals surface area contributed by atoms with Gasteiger partial charge in [0.25, 0.3) is 0 Å². The zero-order chi connectivity index (χ0) is 14.0. The number of rotatable bonds is 4. The first-order valence-electron chi connectivity index (χ1n) is 6.25. The number of hydrogen-bond acceptors (Lipinski definition) is 4. The zero-order valence-corrected chi connectivity index (χ0v) is 12.5. The topological polar surface area (TPSA) is 58.1 Å². The number of nitrogens with one attached hydrogen (secondary N) is 1. The first kappa shape index (κ1) is 14.2. The third-order valence-electron chi connectivity index (χ3n) is 3.04. The van der Waals surface area contributed by atoms with Crippen molar-refractivity contribution in [1.29, 1.82) is 0 Å². The van der Waals surface area contributed by atoms with E-state index in [0.717, 1.165) is 21.9 Å². The van der Waals surface area contributed by atoms with Crippen LogP contribution in [0.25, 0.3) is 11.0 Å². The van der Waals surface area contributed by atoms with Crippen LogP contribution >= 0.6 is 11.8 Å². The Morgan fingerprint density at radius 1 is 1.42 bits per heavy atom. The predicted molar refractivity (Wildman–Crippen MR) is 78.8 cm³/mol. The smallest absolute Gasteiger partial charge is 0.166 e. The minimum atomic E-state index is -0.361. The van der Waals surface area contributed by atoms with Crippen molar-refractivity contribution in [2.24, 2.45) is 5.41 Å². The first-order valence-corrected chi connectivity index (χ1v) is 7.23. The normalized spacial score (nSPS) is 13.7. The van der Waals surface area contributed by atoms with Crippen LogP contribution in [0.1, 0.15) is 20.8 Å². The van der Waals surface area contributed by atoms with E-state index in [0.29, 0.717) is 5.75 Å². The molecule has 0 saturated carbocycles. The molecule has 19 heavy (non-hydrogen) atoms. The number of methoxy groups -OCH3 is 1. The Bertz CT molecular complexity index is 560. The molecule has 4 nitrogen and oxygen atoms in total. The summed E-state index contributed by atoms with van der Waals surface area (Å²) in [5, 5.41) is 10.8. The van der Waals surface area contributed by atoms with Crippen molar-refractivity contribution < 1.29 is 9.84 Å². The summed E-state index contributed by atoms with van der Waals surface area (Å²) in [5.74, 6) is 1.43. The van der Waals surface area contributed by atoms with Gasteiger partial charge < -0.3 is 14.8 Å². The van der Waals surface area contributed by atoms with E-state index in [1.165, 1.54) is 11.8 Å². The fraction of sp³-hybridized carbons (Fsp3) is 0.500. The number of aromatic nitrogens is 2. The fourth-order valence-electron chi connectivity index (χ4n) is 1.57. The van der Waals surface area contributed by atoms with E-state index >= 15 is 0 Å². The molecule has 2 N–H and O–H groups in total. The minimum absolute atomic E-state index is 0.109. The van der Waals surface area contributed by atoms with Crippen LogP contribution < -0.4 is 4.74 Å². The summed E-state index contributed by atoms with van der Waals surface area (Å²) >= 11 is 1.54. The molecule has 0 aliphatic heterocycles. The molecule has 0 aliphatic rings. The second kappa shape index (κ2) is 5.43. The van der Waals surface area contributed by atoms with Gasteiger partial charge in [-0.25, -0.2) is 4.98 Å². The van der Waals surface area contributed by atoms with Crippen molar-refractivity contribution in [1.82, 2.24) is 9.97 Å². The highest BCUT2D eigenvalue weighted by atomic mass is 32.2. The maximum atomic E-state index is 10.0. The van der Waals surface area contributed by atoms with Gasteiger partial charge in [0, 0.05) is 11.8 Å². The molecule has 5 heteroatoms. The lowest BCUT2D eigenvalue weighted by atomic mass is 9.90. The van der Waals surface area contributed by atoms with E-state index in [1.807, 2.05) is 39.0 Å². The molecular formula is C14H20N2O2S. The van der Waals surface area contributed by atoms with Gasteiger partial charge in [0.05, 0.1) is 24.2 Å². The molecule has 1 aromatic heterocycles. The van der Waals surface area contributed by atoms with Gasteiger partial charge in [0.15, 0.2) is 5.16 Å². The summed E-state index contributed by atoms with van der Waals surface area (Å²) in [6.07, 6.45) is -0.361. The number of thioether (sulfide) groups is 1. The van der Waals surface area contributed by atoms with Crippen LogP contribution in [0.5, 0.6) is 5.75 Å². The quantitative estimate of drug-likeness (QED) is 0.845. The van der Waals surface area contributed by atoms with Gasteiger partial charge in [0.2, 0.25) is 0 Å². The Morgan fingerprint density at radius 3 is 2.79 bits per heavy atom. The molecule has 1 heterocycles. The lowest BCUT2D eigenvalue weighted by Gasteiger charge is -2.24. The summed E-state index contributed by atoms with van der Waals surface area (Å²) in [6.45, 7) is 6.09. The Labute approximate surface area is 117 Å². The molecule has 104 valence electrons. The number of H-pyrrole nitrogens is 1. The summed E-state index contributed by atoms with van der Waals surface area (Å²) in [4.78, 5) is 7.72. The van der Waals surface area contributed by atoms with Gasteiger partial charge in [-0.15, -0.1) is 0 Å². The largest absolute Gasteiger partial charge is 0.497 e. The summed E-state index contributed by atoms with van der Waals surface area (Å²) in [5.41, 5.74) is 1.75. The summed E-state index contributed by atoms with van der Waals surface area (Å²) in [6, 6.07) is 5.74. The minimum Gasteiger partial charge on any atom is -0.497 e. The van der Waals surface area contributed by atoms with Crippen LogP contribution in [0.4, 0.5) is 0 Å².